The second-order valence-electron chi connectivity index (χ2n) is 14.5. The van der Waals surface area contributed by atoms with Crippen LogP contribution >= 0.6 is 11.3 Å². The first-order valence-electron chi connectivity index (χ1n) is 18.7. The van der Waals surface area contributed by atoms with E-state index in [0.717, 1.165) is 32.5 Å². The van der Waals surface area contributed by atoms with E-state index in [4.69, 9.17) is 9.97 Å². The number of fused-ring (bicyclic) bond motifs is 15. The summed E-state index contributed by atoms with van der Waals surface area (Å²) < 4.78 is 6.03. The van der Waals surface area contributed by atoms with Crippen LogP contribution in [-0.2, 0) is 0 Å². The Labute approximate surface area is 318 Å². The molecule has 0 radical (unpaired) electrons. The smallest absolute Gasteiger partial charge is 0.236 e. The van der Waals surface area contributed by atoms with E-state index in [1.165, 1.54) is 80.9 Å². The number of aromatic nitrogens is 4. The van der Waals surface area contributed by atoms with Crippen molar-refractivity contribution in [3.8, 4) is 28.3 Å². The normalized spacial score (nSPS) is 12.4. The predicted octanol–water partition coefficient (Wildman–Crippen LogP) is 13.6. The largest absolute Gasteiger partial charge is 0.308 e. The maximum atomic E-state index is 5.64. The summed E-state index contributed by atoms with van der Waals surface area (Å²) in [5, 5.41) is 12.1. The molecule has 0 bridgehead atoms. The van der Waals surface area contributed by atoms with Gasteiger partial charge in [0.1, 0.15) is 4.83 Å². The molecule has 55 heavy (non-hydrogen) atoms. The SMILES string of the molecule is c1ccc(-c2ccc(-c3nc(-n4c5ccc6ccccc6c5c5cc6c7ccccc7n7c8ccccc8c(c54)c67)nc4sc5ccccc5c34)cc2)cc1. The minimum atomic E-state index is 0.680. The summed E-state index contributed by atoms with van der Waals surface area (Å²) in [6, 6.07) is 61.5. The standard InChI is InChI=1S/C50H28N4S/c1-2-12-29(13-3-1)30-22-24-32(25-23-30)46-44-36-18-8-11-21-42(36)55-49(44)52-50(51-46)54-41-27-26-31-14-4-5-15-33(31)43(41)38-28-37-34-16-6-9-19-39(34)53-40-20-10-7-17-35(40)45(47(37)53)48(38)54/h1-28H. The molecule has 254 valence electrons. The molecule has 0 fully saturated rings. The van der Waals surface area contributed by atoms with Crippen LogP contribution in [0.3, 0.4) is 0 Å². The lowest BCUT2D eigenvalue weighted by Crippen LogP contribution is -2.03. The number of rotatable bonds is 3. The molecule has 0 aliphatic carbocycles. The van der Waals surface area contributed by atoms with E-state index in [1.54, 1.807) is 11.3 Å². The summed E-state index contributed by atoms with van der Waals surface area (Å²) in [5.74, 6) is 0.680. The highest BCUT2D eigenvalue weighted by Crippen LogP contribution is 2.48. The molecule has 0 aliphatic heterocycles. The van der Waals surface area contributed by atoms with E-state index in [1.807, 2.05) is 0 Å². The number of hydrogen-bond acceptors (Lipinski definition) is 3. The lowest BCUT2D eigenvalue weighted by molar-refractivity contribution is 1.02. The third-order valence-corrected chi connectivity index (χ3v) is 12.7. The van der Waals surface area contributed by atoms with Gasteiger partial charge in [-0.3, -0.25) is 4.57 Å². The molecule has 0 amide bonds. The van der Waals surface area contributed by atoms with Crippen molar-refractivity contribution in [2.24, 2.45) is 0 Å². The fourth-order valence-corrected chi connectivity index (χ4v) is 10.4. The molecule has 13 aromatic rings. The van der Waals surface area contributed by atoms with Crippen LogP contribution < -0.4 is 0 Å². The molecule has 4 nitrogen and oxygen atoms in total. The lowest BCUT2D eigenvalue weighted by atomic mass is 10.0. The van der Waals surface area contributed by atoms with Crippen molar-refractivity contribution in [2.75, 3.05) is 0 Å². The van der Waals surface area contributed by atoms with Gasteiger partial charge in [-0.2, -0.15) is 0 Å². The molecule has 0 saturated heterocycles. The van der Waals surface area contributed by atoms with Crippen LogP contribution in [0.1, 0.15) is 0 Å². The van der Waals surface area contributed by atoms with Crippen molar-refractivity contribution in [3.63, 3.8) is 0 Å². The zero-order chi connectivity index (χ0) is 35.8. The van der Waals surface area contributed by atoms with Crippen molar-refractivity contribution < 1.29 is 0 Å². The van der Waals surface area contributed by atoms with Gasteiger partial charge in [-0.1, -0.05) is 140 Å². The average molecular weight is 717 g/mol. The van der Waals surface area contributed by atoms with Crippen LogP contribution in [0, 0.1) is 0 Å². The van der Waals surface area contributed by atoms with Crippen LogP contribution in [0.4, 0.5) is 0 Å². The van der Waals surface area contributed by atoms with E-state index in [2.05, 4.69) is 179 Å². The minimum Gasteiger partial charge on any atom is -0.308 e. The highest BCUT2D eigenvalue weighted by molar-refractivity contribution is 7.25. The van der Waals surface area contributed by atoms with Crippen molar-refractivity contribution >= 4 is 102 Å². The Kier molecular flexibility index (Phi) is 5.74. The fraction of sp³-hybridized carbons (Fsp3) is 0. The maximum absolute atomic E-state index is 5.64. The molecule has 5 heteroatoms. The first-order valence-corrected chi connectivity index (χ1v) is 19.5. The van der Waals surface area contributed by atoms with Gasteiger partial charge in [-0.15, -0.1) is 11.3 Å². The Morgan fingerprint density at radius 2 is 1.05 bits per heavy atom. The molecule has 0 aliphatic rings. The summed E-state index contributed by atoms with van der Waals surface area (Å²) in [6.07, 6.45) is 0. The second-order valence-corrected chi connectivity index (χ2v) is 15.6. The molecule has 0 spiro atoms. The van der Waals surface area contributed by atoms with Gasteiger partial charge in [0.05, 0.1) is 33.3 Å². The number of para-hydroxylation sites is 2. The van der Waals surface area contributed by atoms with Crippen LogP contribution in [0.25, 0.3) is 119 Å². The van der Waals surface area contributed by atoms with Gasteiger partial charge in [0.2, 0.25) is 5.95 Å². The van der Waals surface area contributed by atoms with Gasteiger partial charge in [-0.25, -0.2) is 9.97 Å². The number of benzene rings is 8. The Hall–Kier alpha value is -7.08. The maximum Gasteiger partial charge on any atom is 0.236 e. The molecule has 8 aromatic carbocycles. The molecular formula is C50H28N4S. The highest BCUT2D eigenvalue weighted by Gasteiger charge is 2.27. The summed E-state index contributed by atoms with van der Waals surface area (Å²) in [6.45, 7) is 0. The molecule has 0 atom stereocenters. The Bertz CT molecular complexity index is 3700. The second kappa shape index (κ2) is 10.8. The molecular weight excluding hydrogens is 689 g/mol. The van der Waals surface area contributed by atoms with Gasteiger partial charge in [0, 0.05) is 53.4 Å². The minimum absolute atomic E-state index is 0.680. The topological polar surface area (TPSA) is 35.1 Å². The summed E-state index contributed by atoms with van der Waals surface area (Å²) >= 11 is 1.74. The first-order chi connectivity index (χ1) is 27.3. The summed E-state index contributed by atoms with van der Waals surface area (Å²) in [5.41, 5.74) is 10.3. The van der Waals surface area contributed by atoms with Gasteiger partial charge >= 0.3 is 0 Å². The molecule has 0 N–H and O–H groups in total. The summed E-state index contributed by atoms with van der Waals surface area (Å²) in [4.78, 5) is 12.1. The molecule has 0 unspecified atom stereocenters. The van der Waals surface area contributed by atoms with E-state index < -0.39 is 0 Å². The van der Waals surface area contributed by atoms with E-state index in [0.29, 0.717) is 5.95 Å². The molecule has 5 heterocycles. The Morgan fingerprint density at radius 3 is 1.89 bits per heavy atom. The van der Waals surface area contributed by atoms with Gasteiger partial charge < -0.3 is 4.40 Å². The van der Waals surface area contributed by atoms with Crippen molar-refractivity contribution in [2.45, 2.75) is 0 Å². The van der Waals surface area contributed by atoms with Gasteiger partial charge in [0.15, 0.2) is 0 Å². The van der Waals surface area contributed by atoms with E-state index in [9.17, 15) is 0 Å². The van der Waals surface area contributed by atoms with Gasteiger partial charge in [-0.05, 0) is 52.2 Å². The summed E-state index contributed by atoms with van der Waals surface area (Å²) in [7, 11) is 0. The third-order valence-electron chi connectivity index (χ3n) is 11.7. The third kappa shape index (κ3) is 3.89. The Morgan fingerprint density at radius 1 is 0.400 bits per heavy atom. The lowest BCUT2D eigenvalue weighted by Gasteiger charge is -2.12. The van der Waals surface area contributed by atoms with E-state index >= 15 is 0 Å². The van der Waals surface area contributed by atoms with Crippen LogP contribution in [-0.4, -0.2) is 18.9 Å². The molecule has 13 rings (SSSR count). The van der Waals surface area contributed by atoms with Crippen molar-refractivity contribution in [1.29, 1.82) is 0 Å². The van der Waals surface area contributed by atoms with E-state index in [-0.39, 0.29) is 0 Å². The number of thiophene rings is 1. The number of nitrogens with zero attached hydrogens (tertiary/aromatic N) is 4. The van der Waals surface area contributed by atoms with Crippen LogP contribution in [0.5, 0.6) is 0 Å². The Balaban J connectivity index is 1.22. The van der Waals surface area contributed by atoms with Crippen molar-refractivity contribution in [3.05, 3.63) is 170 Å². The quantitative estimate of drug-likeness (QED) is 0.182. The fourth-order valence-electron chi connectivity index (χ4n) is 9.35. The zero-order valence-electron chi connectivity index (χ0n) is 29.4. The van der Waals surface area contributed by atoms with Crippen LogP contribution in [0.15, 0.2) is 170 Å². The highest BCUT2D eigenvalue weighted by atomic mass is 32.1. The first kappa shape index (κ1) is 29.4. The van der Waals surface area contributed by atoms with Gasteiger partial charge in [0.25, 0.3) is 0 Å². The van der Waals surface area contributed by atoms with Crippen molar-refractivity contribution in [1.82, 2.24) is 18.9 Å². The zero-order valence-corrected chi connectivity index (χ0v) is 30.2. The van der Waals surface area contributed by atoms with Crippen LogP contribution in [0.2, 0.25) is 0 Å². The monoisotopic (exact) mass is 716 g/mol. The number of hydrogen-bond donors (Lipinski definition) is 0. The molecule has 5 aromatic heterocycles. The predicted molar refractivity (Wildman–Crippen MR) is 232 cm³/mol. The average Bonchev–Trinajstić information content (AvgIpc) is 3.99. The molecule has 0 saturated carbocycles.